The Bertz CT molecular complexity index is 145. The fraction of sp³-hybridized carbons (Fsp3) is 1.00. The van der Waals surface area contributed by atoms with E-state index in [-0.39, 0.29) is 12.5 Å². The van der Waals surface area contributed by atoms with Crippen molar-refractivity contribution < 1.29 is 13.2 Å². The monoisotopic (exact) mass is 225 g/mol. The first-order valence-corrected chi connectivity index (χ1v) is 5.78. The van der Waals surface area contributed by atoms with E-state index < -0.39 is 12.6 Å². The molecular weight excluding hydrogens is 203 g/mol. The number of halogens is 3. The molecule has 1 unspecified atom stereocenters. The Morgan fingerprint density at radius 3 is 2.13 bits per heavy atom. The molecule has 0 aromatic heterocycles. The van der Waals surface area contributed by atoms with Gasteiger partial charge in [0.15, 0.2) is 0 Å². The summed E-state index contributed by atoms with van der Waals surface area (Å²) in [6, 6.07) is -0.0517. The van der Waals surface area contributed by atoms with Gasteiger partial charge in [-0.3, -0.25) is 0 Å². The van der Waals surface area contributed by atoms with Gasteiger partial charge in [-0.25, -0.2) is 0 Å². The van der Waals surface area contributed by atoms with Crippen LogP contribution in [0.4, 0.5) is 13.2 Å². The lowest BCUT2D eigenvalue weighted by atomic mass is 10.0. The molecule has 0 aliphatic rings. The molecule has 0 spiro atoms. The highest BCUT2D eigenvalue weighted by molar-refractivity contribution is 4.63. The average Bonchev–Trinajstić information content (AvgIpc) is 2.10. The first kappa shape index (κ1) is 14.8. The summed E-state index contributed by atoms with van der Waals surface area (Å²) in [5, 5.41) is 0. The molecule has 0 bridgehead atoms. The van der Waals surface area contributed by atoms with E-state index >= 15 is 0 Å². The Hall–Kier alpha value is -0.250. The van der Waals surface area contributed by atoms with Crippen molar-refractivity contribution in [2.24, 2.45) is 5.73 Å². The van der Waals surface area contributed by atoms with Crippen LogP contribution in [-0.2, 0) is 0 Å². The lowest BCUT2D eigenvalue weighted by molar-refractivity contribution is -0.135. The molecule has 0 aromatic carbocycles. The van der Waals surface area contributed by atoms with Crippen molar-refractivity contribution in [1.82, 2.24) is 0 Å². The van der Waals surface area contributed by atoms with Crippen molar-refractivity contribution in [2.45, 2.75) is 70.5 Å². The largest absolute Gasteiger partial charge is 0.389 e. The standard InChI is InChI=1S/C11H22F3N/c1-2-3-4-5-7-10(15)8-6-9-11(12,13)14/h10H,2-9,15H2,1H3. The summed E-state index contributed by atoms with van der Waals surface area (Å²) in [5.74, 6) is 0. The Kier molecular flexibility index (Phi) is 7.83. The SMILES string of the molecule is CCCCCCC(N)CCCC(F)(F)F. The Morgan fingerprint density at radius 1 is 1.00 bits per heavy atom. The number of alkyl halides is 3. The predicted octanol–water partition coefficient (Wildman–Crippen LogP) is 4.02. The fourth-order valence-corrected chi connectivity index (χ4v) is 1.54. The third-order valence-corrected chi connectivity index (χ3v) is 2.46. The second-order valence-electron chi connectivity index (χ2n) is 4.12. The van der Waals surface area contributed by atoms with Crippen molar-refractivity contribution in [3.05, 3.63) is 0 Å². The molecule has 0 aliphatic carbocycles. The van der Waals surface area contributed by atoms with Gasteiger partial charge in [-0.15, -0.1) is 0 Å². The molecule has 0 heterocycles. The molecule has 0 radical (unpaired) electrons. The quantitative estimate of drug-likeness (QED) is 0.620. The Morgan fingerprint density at radius 2 is 1.60 bits per heavy atom. The minimum Gasteiger partial charge on any atom is -0.328 e. The van der Waals surface area contributed by atoms with Gasteiger partial charge in [-0.05, 0) is 19.3 Å². The molecule has 0 amide bonds. The van der Waals surface area contributed by atoms with E-state index in [0.717, 1.165) is 19.3 Å². The van der Waals surface area contributed by atoms with Gasteiger partial charge in [0.25, 0.3) is 0 Å². The van der Waals surface area contributed by atoms with E-state index in [1.807, 2.05) is 0 Å². The van der Waals surface area contributed by atoms with Gasteiger partial charge < -0.3 is 5.73 Å². The van der Waals surface area contributed by atoms with Crippen LogP contribution in [0.25, 0.3) is 0 Å². The zero-order valence-electron chi connectivity index (χ0n) is 9.45. The van der Waals surface area contributed by atoms with E-state index in [0.29, 0.717) is 6.42 Å². The first-order chi connectivity index (χ1) is 6.95. The van der Waals surface area contributed by atoms with Crippen LogP contribution in [-0.4, -0.2) is 12.2 Å². The van der Waals surface area contributed by atoms with Crippen LogP contribution in [0.3, 0.4) is 0 Å². The summed E-state index contributed by atoms with van der Waals surface area (Å²) >= 11 is 0. The lowest BCUT2D eigenvalue weighted by Gasteiger charge is -2.12. The minimum atomic E-state index is -4.03. The summed E-state index contributed by atoms with van der Waals surface area (Å²) in [6.45, 7) is 2.13. The number of nitrogens with two attached hydrogens (primary N) is 1. The second-order valence-corrected chi connectivity index (χ2v) is 4.12. The zero-order valence-corrected chi connectivity index (χ0v) is 9.45. The van der Waals surface area contributed by atoms with Crippen LogP contribution in [0, 0.1) is 0 Å². The van der Waals surface area contributed by atoms with Crippen LogP contribution in [0.15, 0.2) is 0 Å². The van der Waals surface area contributed by atoms with Crippen molar-refractivity contribution in [3.8, 4) is 0 Å². The highest BCUT2D eigenvalue weighted by Gasteiger charge is 2.26. The molecule has 0 aromatic rings. The van der Waals surface area contributed by atoms with E-state index in [9.17, 15) is 13.2 Å². The molecule has 92 valence electrons. The summed E-state index contributed by atoms with van der Waals surface area (Å²) < 4.78 is 35.5. The molecule has 2 N–H and O–H groups in total. The van der Waals surface area contributed by atoms with Gasteiger partial charge in [-0.1, -0.05) is 32.6 Å². The van der Waals surface area contributed by atoms with Crippen LogP contribution in [0.1, 0.15) is 58.3 Å². The average molecular weight is 225 g/mol. The molecule has 4 heteroatoms. The fourth-order valence-electron chi connectivity index (χ4n) is 1.54. The number of hydrogen-bond acceptors (Lipinski definition) is 1. The minimum absolute atomic E-state index is 0.0517. The Balaban J connectivity index is 3.29. The molecule has 1 atom stereocenters. The molecular formula is C11H22F3N. The zero-order chi connectivity index (χ0) is 11.7. The van der Waals surface area contributed by atoms with Crippen LogP contribution in [0.2, 0.25) is 0 Å². The van der Waals surface area contributed by atoms with E-state index in [4.69, 9.17) is 5.73 Å². The molecule has 0 aliphatic heterocycles. The van der Waals surface area contributed by atoms with Gasteiger partial charge in [-0.2, -0.15) is 13.2 Å². The van der Waals surface area contributed by atoms with Gasteiger partial charge in [0, 0.05) is 12.5 Å². The predicted molar refractivity (Wildman–Crippen MR) is 56.6 cm³/mol. The van der Waals surface area contributed by atoms with Crippen molar-refractivity contribution in [1.29, 1.82) is 0 Å². The van der Waals surface area contributed by atoms with E-state index in [2.05, 4.69) is 6.92 Å². The van der Waals surface area contributed by atoms with E-state index in [1.54, 1.807) is 0 Å². The van der Waals surface area contributed by atoms with Gasteiger partial charge in [0.2, 0.25) is 0 Å². The maximum Gasteiger partial charge on any atom is 0.389 e. The smallest absolute Gasteiger partial charge is 0.328 e. The molecule has 1 nitrogen and oxygen atoms in total. The van der Waals surface area contributed by atoms with Gasteiger partial charge in [0.1, 0.15) is 0 Å². The maximum absolute atomic E-state index is 11.8. The Labute approximate surface area is 90.2 Å². The number of hydrogen-bond donors (Lipinski definition) is 1. The van der Waals surface area contributed by atoms with Crippen molar-refractivity contribution in [2.75, 3.05) is 0 Å². The van der Waals surface area contributed by atoms with Crippen molar-refractivity contribution in [3.63, 3.8) is 0 Å². The molecule has 15 heavy (non-hydrogen) atoms. The molecule has 0 saturated heterocycles. The van der Waals surface area contributed by atoms with Gasteiger partial charge >= 0.3 is 6.18 Å². The topological polar surface area (TPSA) is 26.0 Å². The third-order valence-electron chi connectivity index (χ3n) is 2.46. The summed E-state index contributed by atoms with van der Waals surface area (Å²) in [6.07, 6.45) is 1.34. The lowest BCUT2D eigenvalue weighted by Crippen LogP contribution is -2.20. The first-order valence-electron chi connectivity index (χ1n) is 5.78. The highest BCUT2D eigenvalue weighted by Crippen LogP contribution is 2.23. The van der Waals surface area contributed by atoms with Crippen LogP contribution < -0.4 is 5.73 Å². The summed E-state index contributed by atoms with van der Waals surface area (Å²) in [4.78, 5) is 0. The van der Waals surface area contributed by atoms with Gasteiger partial charge in [0.05, 0.1) is 0 Å². The van der Waals surface area contributed by atoms with E-state index in [1.165, 1.54) is 12.8 Å². The van der Waals surface area contributed by atoms with Crippen molar-refractivity contribution >= 4 is 0 Å². The van der Waals surface area contributed by atoms with Crippen LogP contribution in [0.5, 0.6) is 0 Å². The molecule has 0 saturated carbocycles. The number of unbranched alkanes of at least 4 members (excludes halogenated alkanes) is 3. The third kappa shape index (κ3) is 11.7. The maximum atomic E-state index is 11.8. The number of rotatable bonds is 8. The highest BCUT2D eigenvalue weighted by atomic mass is 19.4. The summed E-state index contributed by atoms with van der Waals surface area (Å²) in [7, 11) is 0. The second kappa shape index (κ2) is 7.97. The summed E-state index contributed by atoms with van der Waals surface area (Å²) in [5.41, 5.74) is 5.72. The normalized spacial score (nSPS) is 14.2. The molecule has 0 rings (SSSR count). The molecule has 0 fully saturated rings. The van der Waals surface area contributed by atoms with Crippen LogP contribution >= 0.6 is 0 Å².